The van der Waals surface area contributed by atoms with Crippen LogP contribution in [0, 0.1) is 6.92 Å². The van der Waals surface area contributed by atoms with Crippen molar-refractivity contribution < 1.29 is 22.8 Å². The van der Waals surface area contributed by atoms with Gasteiger partial charge in [-0.2, -0.15) is 23.4 Å². The van der Waals surface area contributed by atoms with Gasteiger partial charge in [-0.3, -0.25) is 37.7 Å². The van der Waals surface area contributed by atoms with Gasteiger partial charge < -0.3 is 30.2 Å². The number of rotatable bonds is 7. The Morgan fingerprint density at radius 2 is 1.11 bits per heavy atom. The van der Waals surface area contributed by atoms with E-state index in [9.17, 15) is 32.3 Å². The first-order valence-corrected chi connectivity index (χ1v) is 25.4. The number of piperazine rings is 2. The molecule has 12 rings (SSSR count). The van der Waals surface area contributed by atoms with Crippen molar-refractivity contribution in [2.45, 2.75) is 38.3 Å². The highest BCUT2D eigenvalue weighted by Crippen LogP contribution is 2.33. The number of carbonyl (C=O) groups excluding carboxylic acids is 2. The van der Waals surface area contributed by atoms with Crippen LogP contribution in [0.4, 0.5) is 34.7 Å². The maximum absolute atomic E-state index is 13.5. The summed E-state index contributed by atoms with van der Waals surface area (Å²) in [5, 5.41) is 15.3. The molecule has 6 aromatic heterocycles. The average molecular weight is 1160 g/mol. The summed E-state index contributed by atoms with van der Waals surface area (Å²) in [4.78, 5) is 73.8. The summed E-state index contributed by atoms with van der Waals surface area (Å²) < 4.78 is 51.8. The molecule has 0 bridgehead atoms. The van der Waals surface area contributed by atoms with Crippen molar-refractivity contribution in [2.24, 2.45) is 28.2 Å². The lowest BCUT2D eigenvalue weighted by Gasteiger charge is -2.36. The van der Waals surface area contributed by atoms with Gasteiger partial charge in [0.2, 0.25) is 11.9 Å². The lowest BCUT2D eigenvalue weighted by molar-refractivity contribution is -0.138. The van der Waals surface area contributed by atoms with E-state index in [1.807, 2.05) is 57.7 Å². The van der Waals surface area contributed by atoms with Gasteiger partial charge >= 0.3 is 18.2 Å². The van der Waals surface area contributed by atoms with E-state index in [0.29, 0.717) is 61.7 Å². The molecule has 10 heterocycles. The van der Waals surface area contributed by atoms with Gasteiger partial charge in [-0.25, -0.2) is 29.5 Å². The van der Waals surface area contributed by atoms with Gasteiger partial charge in [0.05, 0.1) is 68.4 Å². The number of amides is 4. The van der Waals surface area contributed by atoms with E-state index in [2.05, 4.69) is 77.5 Å². The summed E-state index contributed by atoms with van der Waals surface area (Å²) in [7, 11) is 6.63. The Labute approximate surface area is 442 Å². The molecule has 0 radical (unpaired) electrons. The van der Waals surface area contributed by atoms with Crippen molar-refractivity contribution in [3.8, 4) is 11.1 Å². The molecule has 0 saturated carbocycles. The largest absolute Gasteiger partial charge is 0.419 e. The van der Waals surface area contributed by atoms with Gasteiger partial charge in [-0.1, -0.05) is 22.0 Å². The fourth-order valence-corrected chi connectivity index (χ4v) is 10.5. The lowest BCUT2D eigenvalue weighted by atomic mass is 10.1. The molecule has 4 saturated heterocycles. The standard InChI is InChI=1S/C24H24F3N9O2.C14H15BrN4O.C10H12BrN5O/c1-32-12-18(24(25,26)27)19(31-32)13-36-20-7-14(3-4-17(20)21(37)33(36)2)15-8-28-22(29-9-15)34-5-6-35-16(11-34)10-30-23(35)38;1-9-7-17(2)16-12(9)8-19-13-6-10(15)4-5-11(13)14(20)18(19)3;11-7-3-12-9(13-4-7)15-1-2-16-8(6-15)5-14-10(16)17/h3-4,7-9,12,16H,5-6,10-11,13H2,1-2H3,(H,30,38);4-7H,8H2,1-3H3;3-4,8H,1-2,5-6H2,(H,14,17)/t16-;;8-/m0.0/s1. The Hall–Kier alpha value is -7.55. The zero-order valence-electron chi connectivity index (χ0n) is 41.3. The molecule has 27 heteroatoms. The number of halogens is 5. The van der Waals surface area contributed by atoms with Gasteiger partial charge in [0.25, 0.3) is 11.1 Å². The quantitative estimate of drug-likeness (QED) is 0.227. The first-order chi connectivity index (χ1) is 35.8. The van der Waals surface area contributed by atoms with Crippen molar-refractivity contribution in [1.82, 2.24) is 78.7 Å². The number of benzene rings is 2. The fourth-order valence-electron chi connectivity index (χ4n) is 9.93. The SMILES string of the molecule is Cc1cn(C)nc1Cn1c2cc(Br)ccc2c(=O)n1C.Cn1cc(C(F)(F)F)c(Cn2c3cc(-c4cnc(N5CCN6C(=O)NC[C@H]6C5)nc4)ccc3c(=O)n2C)n1.O=C1NC[C@H]2CN(c3ncc(Br)cn3)CCN12. The van der Waals surface area contributed by atoms with E-state index in [0.717, 1.165) is 73.1 Å². The van der Waals surface area contributed by atoms with Crippen molar-refractivity contribution in [2.75, 3.05) is 62.2 Å². The Morgan fingerprint density at radius 3 is 1.64 bits per heavy atom. The van der Waals surface area contributed by atoms with Crippen LogP contribution in [-0.4, -0.2) is 145 Å². The minimum atomic E-state index is -4.56. The third-order valence-corrected chi connectivity index (χ3v) is 14.7. The number of hydrogen-bond donors (Lipinski definition) is 2. The molecule has 4 aliphatic heterocycles. The van der Waals surface area contributed by atoms with Crippen LogP contribution in [0.1, 0.15) is 22.5 Å². The molecular formula is C48H51Br2F3N18O4. The molecule has 0 aliphatic carbocycles. The molecule has 2 atom stereocenters. The van der Waals surface area contributed by atoms with Gasteiger partial charge in [0.1, 0.15) is 0 Å². The highest BCUT2D eigenvalue weighted by Gasteiger charge is 2.38. The zero-order valence-corrected chi connectivity index (χ0v) is 44.5. The van der Waals surface area contributed by atoms with E-state index in [1.54, 1.807) is 59.4 Å². The second kappa shape index (κ2) is 20.3. The fraction of sp³-hybridized carbons (Fsp3) is 0.375. The number of anilines is 2. The summed E-state index contributed by atoms with van der Waals surface area (Å²) in [6, 6.07) is 11.2. The maximum Gasteiger partial charge on any atom is 0.419 e. The summed E-state index contributed by atoms with van der Waals surface area (Å²) >= 11 is 6.78. The van der Waals surface area contributed by atoms with Crippen LogP contribution in [0.25, 0.3) is 32.9 Å². The number of alkyl halides is 3. The van der Waals surface area contributed by atoms with Crippen LogP contribution in [0.5, 0.6) is 0 Å². The van der Waals surface area contributed by atoms with Gasteiger partial charge in [0, 0.05) is 128 Å². The number of nitrogens with one attached hydrogen (secondary N) is 2. The van der Waals surface area contributed by atoms with Crippen LogP contribution >= 0.6 is 31.9 Å². The monoisotopic (exact) mass is 1160 g/mol. The summed E-state index contributed by atoms with van der Waals surface area (Å²) in [6.07, 6.45) is 5.20. The summed E-state index contributed by atoms with van der Waals surface area (Å²) in [5.74, 6) is 1.28. The molecular weight excluding hydrogens is 1110 g/mol. The second-order valence-electron chi connectivity index (χ2n) is 18.7. The van der Waals surface area contributed by atoms with Crippen LogP contribution in [0.3, 0.4) is 0 Å². The Balaban J connectivity index is 0.000000144. The summed E-state index contributed by atoms with van der Waals surface area (Å²) in [5.41, 5.74) is 3.58. The highest BCUT2D eigenvalue weighted by molar-refractivity contribution is 9.10. The van der Waals surface area contributed by atoms with E-state index in [-0.39, 0.29) is 47.5 Å². The minimum absolute atomic E-state index is 0.0149. The van der Waals surface area contributed by atoms with Gasteiger partial charge in [-0.05, 0) is 64.3 Å². The molecule has 0 unspecified atom stereocenters. The van der Waals surface area contributed by atoms with Crippen LogP contribution < -0.4 is 31.6 Å². The molecule has 4 aliphatic rings. The maximum atomic E-state index is 13.5. The first-order valence-electron chi connectivity index (χ1n) is 23.8. The molecule has 2 aromatic carbocycles. The van der Waals surface area contributed by atoms with Crippen molar-refractivity contribution >= 4 is 77.6 Å². The Morgan fingerprint density at radius 1 is 0.613 bits per heavy atom. The molecule has 392 valence electrons. The number of aryl methyl sites for hydroxylation is 3. The Kier molecular flexibility index (Phi) is 13.8. The highest BCUT2D eigenvalue weighted by atomic mass is 79.9. The second-order valence-corrected chi connectivity index (χ2v) is 20.5. The van der Waals surface area contributed by atoms with Crippen molar-refractivity contribution in [3.63, 3.8) is 0 Å². The predicted octanol–water partition coefficient (Wildman–Crippen LogP) is 4.46. The molecule has 75 heavy (non-hydrogen) atoms. The zero-order chi connectivity index (χ0) is 53.0. The van der Waals surface area contributed by atoms with Crippen LogP contribution in [0.2, 0.25) is 0 Å². The van der Waals surface area contributed by atoms with E-state index >= 15 is 0 Å². The van der Waals surface area contributed by atoms with Crippen molar-refractivity contribution in [1.29, 1.82) is 0 Å². The third-order valence-electron chi connectivity index (χ3n) is 13.8. The molecule has 0 spiro atoms. The number of hydrogen-bond acceptors (Lipinski definition) is 12. The third kappa shape index (κ3) is 10.2. The van der Waals surface area contributed by atoms with Crippen LogP contribution in [-0.2, 0) is 47.5 Å². The molecule has 4 fully saturated rings. The lowest BCUT2D eigenvalue weighted by Crippen LogP contribution is -2.52. The van der Waals surface area contributed by atoms with Crippen LogP contribution in [0.15, 0.2) is 92.1 Å². The van der Waals surface area contributed by atoms with Gasteiger partial charge in [-0.15, -0.1) is 0 Å². The Bertz CT molecular complexity index is 3580. The summed E-state index contributed by atoms with van der Waals surface area (Å²) in [6.45, 7) is 7.85. The topological polar surface area (TPSA) is 212 Å². The number of carbonyl (C=O) groups is 2. The minimum Gasteiger partial charge on any atom is -0.337 e. The number of nitrogens with zero attached hydrogens (tertiary/aromatic N) is 16. The van der Waals surface area contributed by atoms with E-state index in [4.69, 9.17) is 0 Å². The number of fused-ring (bicyclic) bond motifs is 4. The predicted molar refractivity (Wildman–Crippen MR) is 279 cm³/mol. The first kappa shape index (κ1) is 51.0. The average Bonchev–Trinajstić information content (AvgIpc) is 4.24. The molecule has 2 N–H and O–H groups in total. The molecule has 22 nitrogen and oxygen atoms in total. The smallest absolute Gasteiger partial charge is 0.337 e. The van der Waals surface area contributed by atoms with Crippen molar-refractivity contribution in [3.05, 3.63) is 126 Å². The van der Waals surface area contributed by atoms with E-state index in [1.165, 1.54) is 23.5 Å². The van der Waals surface area contributed by atoms with Gasteiger partial charge in [0.15, 0.2) is 0 Å². The normalized spacial score (nSPS) is 17.4. The number of aromatic nitrogens is 12. The van der Waals surface area contributed by atoms with E-state index < -0.39 is 11.7 Å². The molecule has 4 amide bonds. The number of urea groups is 2. The molecule has 8 aromatic rings.